The van der Waals surface area contributed by atoms with Crippen LogP contribution in [0.5, 0.6) is 0 Å². The first-order valence-electron chi connectivity index (χ1n) is 4.83. The molecule has 1 aromatic rings. The molecule has 0 aliphatic heterocycles. The summed E-state index contributed by atoms with van der Waals surface area (Å²) < 4.78 is 1.13. The summed E-state index contributed by atoms with van der Waals surface area (Å²) in [6.07, 6.45) is 2.76. The number of carbonyl (C=O) groups is 1. The van der Waals surface area contributed by atoms with Gasteiger partial charge < -0.3 is 5.11 Å². The van der Waals surface area contributed by atoms with Crippen molar-refractivity contribution < 1.29 is 9.90 Å². The van der Waals surface area contributed by atoms with Crippen LogP contribution in [0.2, 0.25) is 0 Å². The smallest absolute Gasteiger partial charge is 0.323 e. The quantitative estimate of drug-likeness (QED) is 0.789. The fourth-order valence-electron chi connectivity index (χ4n) is 1.41. The molecule has 0 aromatic carbocycles. The van der Waals surface area contributed by atoms with Gasteiger partial charge in [-0.2, -0.15) is 0 Å². The molecule has 82 valence electrons. The van der Waals surface area contributed by atoms with Crippen LogP contribution >= 0.6 is 0 Å². The first-order chi connectivity index (χ1) is 7.06. The van der Waals surface area contributed by atoms with Gasteiger partial charge in [-0.15, -0.1) is 0 Å². The van der Waals surface area contributed by atoms with Gasteiger partial charge in [0.25, 0.3) is 5.56 Å². The van der Waals surface area contributed by atoms with Gasteiger partial charge in [-0.3, -0.25) is 14.2 Å². The van der Waals surface area contributed by atoms with Gasteiger partial charge in [0, 0.05) is 11.3 Å². The minimum Gasteiger partial charge on any atom is -0.480 e. The molecule has 0 bridgehead atoms. The van der Waals surface area contributed by atoms with Gasteiger partial charge in [0.15, 0.2) is 0 Å². The Labute approximate surface area is 87.4 Å². The van der Waals surface area contributed by atoms with Crippen LogP contribution in [-0.2, 0) is 17.8 Å². The lowest BCUT2D eigenvalue weighted by molar-refractivity contribution is -0.137. The molecule has 15 heavy (non-hydrogen) atoms. The van der Waals surface area contributed by atoms with Crippen molar-refractivity contribution >= 4 is 5.97 Å². The maximum absolute atomic E-state index is 11.8. The topological polar surface area (TPSA) is 72.2 Å². The van der Waals surface area contributed by atoms with Crippen LogP contribution in [0.15, 0.2) is 11.1 Å². The summed E-state index contributed by atoms with van der Waals surface area (Å²) in [6.45, 7) is 3.40. The number of aromatic nitrogens is 2. The molecule has 1 rings (SSSR count). The number of nitrogens with zero attached hydrogens (tertiary/aromatic N) is 2. The fourth-order valence-corrected chi connectivity index (χ4v) is 1.41. The van der Waals surface area contributed by atoms with Crippen LogP contribution in [0.3, 0.4) is 0 Å². The Morgan fingerprint density at radius 2 is 2.27 bits per heavy atom. The minimum atomic E-state index is -1.04. The van der Waals surface area contributed by atoms with E-state index >= 15 is 0 Å². The molecule has 1 N–H and O–H groups in total. The van der Waals surface area contributed by atoms with Gasteiger partial charge in [0.05, 0.1) is 6.33 Å². The molecule has 0 amide bonds. The molecule has 5 heteroatoms. The maximum atomic E-state index is 11.8. The second-order valence-electron chi connectivity index (χ2n) is 3.39. The minimum absolute atomic E-state index is 0.244. The summed E-state index contributed by atoms with van der Waals surface area (Å²) in [5.41, 5.74) is 1.05. The van der Waals surface area contributed by atoms with Crippen LogP contribution in [0.1, 0.15) is 24.6 Å². The summed E-state index contributed by atoms with van der Waals surface area (Å²) in [7, 11) is 0. The average Bonchev–Trinajstić information content (AvgIpc) is 2.16. The molecule has 0 spiro atoms. The van der Waals surface area contributed by atoms with Crippen molar-refractivity contribution in [1.82, 2.24) is 9.55 Å². The fraction of sp³-hybridized carbons (Fsp3) is 0.500. The van der Waals surface area contributed by atoms with E-state index in [0.717, 1.165) is 11.0 Å². The Morgan fingerprint density at radius 3 is 2.80 bits per heavy atom. The number of carboxylic acid groups (broad SMARTS) is 1. The van der Waals surface area contributed by atoms with Gasteiger partial charge in [-0.05, 0) is 13.3 Å². The van der Waals surface area contributed by atoms with Gasteiger partial charge in [-0.1, -0.05) is 13.3 Å². The molecular weight excluding hydrogens is 196 g/mol. The summed E-state index contributed by atoms with van der Waals surface area (Å²) in [5, 5.41) is 8.59. The number of carboxylic acids is 1. The third-order valence-corrected chi connectivity index (χ3v) is 2.15. The second kappa shape index (κ2) is 4.72. The standard InChI is InChI=1S/C10H14N2O3/c1-3-4-8-7(2)11-6-12(10(8)15)5-9(13)14/h6H,3-5H2,1-2H3,(H,13,14). The summed E-state index contributed by atoms with van der Waals surface area (Å²) in [6, 6.07) is 0. The van der Waals surface area contributed by atoms with E-state index in [0.29, 0.717) is 17.7 Å². The average molecular weight is 210 g/mol. The Kier molecular flexibility index (Phi) is 3.60. The third-order valence-electron chi connectivity index (χ3n) is 2.15. The molecule has 0 radical (unpaired) electrons. The van der Waals surface area contributed by atoms with Crippen LogP contribution in [0, 0.1) is 6.92 Å². The zero-order valence-corrected chi connectivity index (χ0v) is 8.86. The lowest BCUT2D eigenvalue weighted by atomic mass is 10.1. The van der Waals surface area contributed by atoms with E-state index in [9.17, 15) is 9.59 Å². The molecule has 0 atom stereocenters. The van der Waals surface area contributed by atoms with Crippen molar-refractivity contribution in [1.29, 1.82) is 0 Å². The number of hydrogen-bond donors (Lipinski definition) is 1. The highest BCUT2D eigenvalue weighted by atomic mass is 16.4. The lowest BCUT2D eigenvalue weighted by Crippen LogP contribution is -2.28. The molecule has 0 saturated carbocycles. The second-order valence-corrected chi connectivity index (χ2v) is 3.39. The molecule has 0 unspecified atom stereocenters. The summed E-state index contributed by atoms with van der Waals surface area (Å²) >= 11 is 0. The predicted octanol–water partition coefficient (Wildman–Crippen LogP) is 0.589. The Bertz CT molecular complexity index is 423. The van der Waals surface area contributed by atoms with Crippen molar-refractivity contribution in [2.45, 2.75) is 33.2 Å². The molecule has 0 aliphatic rings. The van der Waals surface area contributed by atoms with Crippen molar-refractivity contribution in [2.24, 2.45) is 0 Å². The van der Waals surface area contributed by atoms with E-state index in [4.69, 9.17) is 5.11 Å². The zero-order valence-electron chi connectivity index (χ0n) is 8.86. The Morgan fingerprint density at radius 1 is 1.60 bits per heavy atom. The first-order valence-corrected chi connectivity index (χ1v) is 4.83. The third kappa shape index (κ3) is 2.65. The molecular formula is C10H14N2O3. The van der Waals surface area contributed by atoms with E-state index in [-0.39, 0.29) is 12.1 Å². The van der Waals surface area contributed by atoms with E-state index in [1.165, 1.54) is 6.33 Å². The molecule has 1 aromatic heterocycles. The number of aliphatic carboxylic acids is 1. The van der Waals surface area contributed by atoms with Crippen molar-refractivity contribution in [3.63, 3.8) is 0 Å². The monoisotopic (exact) mass is 210 g/mol. The highest BCUT2D eigenvalue weighted by Gasteiger charge is 2.09. The first kappa shape index (κ1) is 11.4. The predicted molar refractivity (Wildman–Crippen MR) is 54.9 cm³/mol. The van der Waals surface area contributed by atoms with Gasteiger partial charge >= 0.3 is 5.97 Å². The number of rotatable bonds is 4. The summed E-state index contributed by atoms with van der Waals surface area (Å²) in [5.74, 6) is -1.04. The van der Waals surface area contributed by atoms with Crippen molar-refractivity contribution in [3.05, 3.63) is 27.9 Å². The van der Waals surface area contributed by atoms with E-state index < -0.39 is 5.97 Å². The Balaban J connectivity index is 3.16. The normalized spacial score (nSPS) is 10.3. The number of aryl methyl sites for hydroxylation is 1. The largest absolute Gasteiger partial charge is 0.480 e. The Hall–Kier alpha value is -1.65. The SMILES string of the molecule is CCCc1c(C)ncn(CC(=O)O)c1=O. The highest BCUT2D eigenvalue weighted by molar-refractivity contribution is 5.66. The van der Waals surface area contributed by atoms with Crippen molar-refractivity contribution in [2.75, 3.05) is 0 Å². The molecule has 5 nitrogen and oxygen atoms in total. The summed E-state index contributed by atoms with van der Waals surface area (Å²) in [4.78, 5) is 26.3. The van der Waals surface area contributed by atoms with Gasteiger partial charge in [0.2, 0.25) is 0 Å². The van der Waals surface area contributed by atoms with Crippen LogP contribution in [0.25, 0.3) is 0 Å². The number of hydrogen-bond acceptors (Lipinski definition) is 3. The zero-order chi connectivity index (χ0) is 11.4. The maximum Gasteiger partial charge on any atom is 0.323 e. The van der Waals surface area contributed by atoms with Gasteiger partial charge in [0.1, 0.15) is 6.54 Å². The molecule has 0 aliphatic carbocycles. The van der Waals surface area contributed by atoms with Gasteiger partial charge in [-0.25, -0.2) is 4.98 Å². The van der Waals surface area contributed by atoms with E-state index in [2.05, 4.69) is 4.98 Å². The molecule has 1 heterocycles. The highest BCUT2D eigenvalue weighted by Crippen LogP contribution is 2.01. The van der Waals surface area contributed by atoms with Crippen molar-refractivity contribution in [3.8, 4) is 0 Å². The molecule has 0 fully saturated rings. The lowest BCUT2D eigenvalue weighted by Gasteiger charge is -2.06. The van der Waals surface area contributed by atoms with Crippen LogP contribution < -0.4 is 5.56 Å². The van der Waals surface area contributed by atoms with Crippen LogP contribution in [0.4, 0.5) is 0 Å². The molecule has 0 saturated heterocycles. The van der Waals surface area contributed by atoms with E-state index in [1.54, 1.807) is 6.92 Å². The van der Waals surface area contributed by atoms with Crippen LogP contribution in [-0.4, -0.2) is 20.6 Å². The van der Waals surface area contributed by atoms with E-state index in [1.807, 2.05) is 6.92 Å².